The van der Waals surface area contributed by atoms with Crippen LogP contribution in [0.4, 0.5) is 13.2 Å². The van der Waals surface area contributed by atoms with E-state index in [0.29, 0.717) is 0 Å². The van der Waals surface area contributed by atoms with E-state index in [0.717, 1.165) is 6.20 Å². The van der Waals surface area contributed by atoms with Gasteiger partial charge in [-0.2, -0.15) is 23.5 Å². The van der Waals surface area contributed by atoms with Gasteiger partial charge in [-0.05, 0) is 13.8 Å². The molecule has 1 rings (SSSR count). The van der Waals surface area contributed by atoms with E-state index >= 15 is 0 Å². The second kappa shape index (κ2) is 3.93. The van der Waals surface area contributed by atoms with Crippen molar-refractivity contribution in [3.63, 3.8) is 0 Å². The van der Waals surface area contributed by atoms with Gasteiger partial charge in [0.25, 0.3) is 0 Å². The molecule has 82 valence electrons. The molecule has 3 nitrogen and oxygen atoms in total. The van der Waals surface area contributed by atoms with Gasteiger partial charge in [0.2, 0.25) is 0 Å². The van der Waals surface area contributed by atoms with Gasteiger partial charge in [0, 0.05) is 12.2 Å². The number of rotatable bonds is 2. The molecule has 0 unspecified atom stereocenters. The number of aromatic nitrogens is 2. The molecule has 0 N–H and O–H groups in total. The highest BCUT2D eigenvalue weighted by molar-refractivity contribution is 5.23. The van der Waals surface area contributed by atoms with Crippen molar-refractivity contribution in [3.8, 4) is 6.07 Å². The molecular formula is C9H10F3N3. The van der Waals surface area contributed by atoms with Crippen molar-refractivity contribution >= 4 is 0 Å². The van der Waals surface area contributed by atoms with E-state index in [2.05, 4.69) is 5.10 Å². The Morgan fingerprint density at radius 2 is 2.13 bits per heavy atom. The minimum atomic E-state index is -4.45. The van der Waals surface area contributed by atoms with Crippen molar-refractivity contribution in [1.82, 2.24) is 9.78 Å². The Kier molecular flexibility index (Phi) is 3.03. The van der Waals surface area contributed by atoms with Crippen LogP contribution in [0.1, 0.15) is 31.1 Å². The van der Waals surface area contributed by atoms with E-state index in [1.54, 1.807) is 19.9 Å². The van der Waals surface area contributed by atoms with Gasteiger partial charge in [-0.25, -0.2) is 0 Å². The molecular weight excluding hydrogens is 207 g/mol. The van der Waals surface area contributed by atoms with Crippen molar-refractivity contribution < 1.29 is 13.2 Å². The first-order valence-corrected chi connectivity index (χ1v) is 4.38. The van der Waals surface area contributed by atoms with E-state index < -0.39 is 11.7 Å². The van der Waals surface area contributed by atoms with Crippen LogP contribution in [-0.2, 0) is 12.6 Å². The third kappa shape index (κ3) is 2.49. The first-order valence-electron chi connectivity index (χ1n) is 4.38. The highest BCUT2D eigenvalue weighted by atomic mass is 19.4. The predicted molar refractivity (Wildman–Crippen MR) is 46.9 cm³/mol. The Morgan fingerprint density at radius 1 is 1.53 bits per heavy atom. The average Bonchev–Trinajstić information content (AvgIpc) is 2.48. The van der Waals surface area contributed by atoms with Crippen LogP contribution in [0.3, 0.4) is 0 Å². The molecule has 0 aliphatic heterocycles. The van der Waals surface area contributed by atoms with E-state index in [-0.39, 0.29) is 18.2 Å². The lowest BCUT2D eigenvalue weighted by atomic mass is 10.2. The summed E-state index contributed by atoms with van der Waals surface area (Å²) in [4.78, 5) is 0. The maximum Gasteiger partial charge on any atom is 0.419 e. The van der Waals surface area contributed by atoms with Crippen molar-refractivity contribution in [2.45, 2.75) is 32.5 Å². The van der Waals surface area contributed by atoms with Gasteiger partial charge in [0.05, 0.1) is 23.7 Å². The summed E-state index contributed by atoms with van der Waals surface area (Å²) in [6.45, 7) is 3.45. The fourth-order valence-corrected chi connectivity index (χ4v) is 1.14. The predicted octanol–water partition coefficient (Wildman–Crippen LogP) is 2.55. The van der Waals surface area contributed by atoms with Crippen LogP contribution in [0.5, 0.6) is 0 Å². The van der Waals surface area contributed by atoms with Crippen molar-refractivity contribution in [2.24, 2.45) is 0 Å². The molecule has 0 bridgehead atoms. The summed E-state index contributed by atoms with van der Waals surface area (Å²) in [5, 5.41) is 12.1. The summed E-state index contributed by atoms with van der Waals surface area (Å²) in [6.07, 6.45) is -3.83. The van der Waals surface area contributed by atoms with Crippen LogP contribution in [0, 0.1) is 11.3 Å². The summed E-state index contributed by atoms with van der Waals surface area (Å²) in [7, 11) is 0. The van der Waals surface area contributed by atoms with Gasteiger partial charge in [-0.1, -0.05) is 0 Å². The Labute approximate surface area is 85.1 Å². The largest absolute Gasteiger partial charge is 0.419 e. The number of hydrogen-bond donors (Lipinski definition) is 0. The Morgan fingerprint density at radius 3 is 2.53 bits per heavy atom. The first kappa shape index (κ1) is 11.6. The van der Waals surface area contributed by atoms with Gasteiger partial charge < -0.3 is 0 Å². The molecule has 1 aromatic rings. The smallest absolute Gasteiger partial charge is 0.269 e. The van der Waals surface area contributed by atoms with E-state index in [1.165, 1.54) is 4.68 Å². The summed E-state index contributed by atoms with van der Waals surface area (Å²) in [6, 6.07) is 1.52. The fraction of sp³-hybridized carbons (Fsp3) is 0.556. The second-order valence-electron chi connectivity index (χ2n) is 3.40. The zero-order chi connectivity index (χ0) is 11.6. The summed E-state index contributed by atoms with van der Waals surface area (Å²) < 4.78 is 38.7. The quantitative estimate of drug-likeness (QED) is 0.763. The molecule has 0 aromatic carbocycles. The lowest BCUT2D eigenvalue weighted by molar-refractivity contribution is -0.138. The van der Waals surface area contributed by atoms with Crippen LogP contribution < -0.4 is 0 Å². The number of halogens is 3. The zero-order valence-corrected chi connectivity index (χ0v) is 8.34. The first-order chi connectivity index (χ1) is 6.86. The summed E-state index contributed by atoms with van der Waals surface area (Å²) in [5.41, 5.74) is -1.03. The van der Waals surface area contributed by atoms with Crippen LogP contribution in [0.2, 0.25) is 0 Å². The number of hydrogen-bond acceptors (Lipinski definition) is 2. The Hall–Kier alpha value is -1.51. The molecule has 0 aliphatic carbocycles. The molecule has 0 fully saturated rings. The van der Waals surface area contributed by atoms with Gasteiger partial charge in [0.1, 0.15) is 0 Å². The maximum atomic E-state index is 12.5. The van der Waals surface area contributed by atoms with Crippen molar-refractivity contribution in [3.05, 3.63) is 17.5 Å². The number of alkyl halides is 3. The Balaban J connectivity index is 3.19. The molecule has 1 aromatic heterocycles. The monoisotopic (exact) mass is 217 g/mol. The highest BCUT2D eigenvalue weighted by Gasteiger charge is 2.36. The standard InChI is InChI=1S/C9H10F3N3/c1-6(2)15-5-7(9(10,11)12)8(14-15)3-4-13/h5-6H,3H2,1-2H3. The average molecular weight is 217 g/mol. The number of nitrogens with zero attached hydrogens (tertiary/aromatic N) is 3. The fourth-order valence-electron chi connectivity index (χ4n) is 1.14. The van der Waals surface area contributed by atoms with E-state index in [1.807, 2.05) is 0 Å². The zero-order valence-electron chi connectivity index (χ0n) is 8.34. The summed E-state index contributed by atoms with van der Waals surface area (Å²) in [5.74, 6) is 0. The molecule has 0 spiro atoms. The van der Waals surface area contributed by atoms with Gasteiger partial charge >= 0.3 is 6.18 Å². The third-order valence-electron chi connectivity index (χ3n) is 1.89. The molecule has 0 aliphatic rings. The van der Waals surface area contributed by atoms with Crippen LogP contribution in [-0.4, -0.2) is 9.78 Å². The van der Waals surface area contributed by atoms with Gasteiger partial charge in [0.15, 0.2) is 0 Å². The second-order valence-corrected chi connectivity index (χ2v) is 3.40. The highest BCUT2D eigenvalue weighted by Crippen LogP contribution is 2.32. The van der Waals surface area contributed by atoms with Crippen molar-refractivity contribution in [1.29, 1.82) is 5.26 Å². The van der Waals surface area contributed by atoms with Crippen LogP contribution in [0.25, 0.3) is 0 Å². The lowest BCUT2D eigenvalue weighted by Crippen LogP contribution is -2.06. The molecule has 15 heavy (non-hydrogen) atoms. The van der Waals surface area contributed by atoms with E-state index in [4.69, 9.17) is 5.26 Å². The normalized spacial score (nSPS) is 11.8. The SMILES string of the molecule is CC(C)n1cc(C(F)(F)F)c(CC#N)n1. The minimum Gasteiger partial charge on any atom is -0.269 e. The van der Waals surface area contributed by atoms with Crippen LogP contribution >= 0.6 is 0 Å². The Bertz CT molecular complexity index is 384. The molecule has 6 heteroatoms. The van der Waals surface area contributed by atoms with E-state index in [9.17, 15) is 13.2 Å². The van der Waals surface area contributed by atoms with Crippen molar-refractivity contribution in [2.75, 3.05) is 0 Å². The molecule has 0 saturated heterocycles. The number of nitriles is 1. The third-order valence-corrected chi connectivity index (χ3v) is 1.89. The van der Waals surface area contributed by atoms with Gasteiger partial charge in [-0.3, -0.25) is 4.68 Å². The molecule has 0 atom stereocenters. The molecule has 0 amide bonds. The maximum absolute atomic E-state index is 12.5. The van der Waals surface area contributed by atoms with Crippen LogP contribution in [0.15, 0.2) is 6.20 Å². The minimum absolute atomic E-state index is 0.154. The molecule has 1 heterocycles. The molecule has 0 saturated carbocycles. The lowest BCUT2D eigenvalue weighted by Gasteiger charge is -2.04. The summed E-state index contributed by atoms with van der Waals surface area (Å²) >= 11 is 0. The van der Waals surface area contributed by atoms with Gasteiger partial charge in [-0.15, -0.1) is 0 Å². The topological polar surface area (TPSA) is 41.6 Å². The molecule has 0 radical (unpaired) electrons.